The highest BCUT2D eigenvalue weighted by atomic mass is 19.1. The van der Waals surface area contributed by atoms with Crippen molar-refractivity contribution in [1.29, 1.82) is 0 Å². The predicted molar refractivity (Wildman–Crippen MR) is 88.0 cm³/mol. The van der Waals surface area contributed by atoms with Crippen LogP contribution in [0.25, 0.3) is 0 Å². The molecule has 0 heterocycles. The Labute approximate surface area is 132 Å². The molecule has 23 heavy (non-hydrogen) atoms. The topological polar surface area (TPSA) is 120 Å². The molecule has 0 aromatic heterocycles. The molecule has 2 rings (SSSR count). The Morgan fingerprint density at radius 3 is 2.39 bits per heavy atom. The molecule has 0 atom stereocenters. The lowest BCUT2D eigenvalue weighted by Gasteiger charge is -2.06. The third kappa shape index (κ3) is 4.63. The molecule has 2 aromatic rings. The van der Waals surface area contributed by atoms with Crippen LogP contribution in [0, 0.1) is 5.82 Å². The number of guanidine groups is 2. The molecule has 0 saturated heterocycles. The van der Waals surface area contributed by atoms with Gasteiger partial charge >= 0.3 is 0 Å². The number of benzene rings is 2. The number of hydrogen-bond donors (Lipinski definition) is 3. The van der Waals surface area contributed by atoms with Crippen LogP contribution in [-0.4, -0.2) is 17.7 Å². The van der Waals surface area contributed by atoms with Gasteiger partial charge in [-0.1, -0.05) is 30.3 Å². The van der Waals surface area contributed by atoms with Crippen LogP contribution in [0.1, 0.15) is 15.9 Å². The van der Waals surface area contributed by atoms with Crippen molar-refractivity contribution < 1.29 is 9.18 Å². The third-order valence-electron chi connectivity index (χ3n) is 2.95. The van der Waals surface area contributed by atoms with Gasteiger partial charge in [-0.3, -0.25) is 4.79 Å². The van der Waals surface area contributed by atoms with Crippen LogP contribution in [0.3, 0.4) is 0 Å². The molecule has 0 unspecified atom stereocenters. The summed E-state index contributed by atoms with van der Waals surface area (Å²) in [6.07, 6.45) is 0.120. The van der Waals surface area contributed by atoms with Crippen LogP contribution in [0.4, 0.5) is 10.1 Å². The Hall–Kier alpha value is -3.22. The summed E-state index contributed by atoms with van der Waals surface area (Å²) in [6, 6.07) is 12.8. The van der Waals surface area contributed by atoms with Crippen molar-refractivity contribution in [3.63, 3.8) is 0 Å². The molecule has 7 heteroatoms. The maximum Gasteiger partial charge on any atom is 0.223 e. The Morgan fingerprint density at radius 2 is 1.74 bits per heavy atom. The van der Waals surface area contributed by atoms with Crippen molar-refractivity contribution in [3.8, 4) is 0 Å². The molecule has 0 radical (unpaired) electrons. The smallest absolute Gasteiger partial charge is 0.223 e. The van der Waals surface area contributed by atoms with Gasteiger partial charge in [0.1, 0.15) is 5.82 Å². The van der Waals surface area contributed by atoms with E-state index < -0.39 is 5.82 Å². The number of nitrogens with two attached hydrogens (primary N) is 3. The first-order valence-corrected chi connectivity index (χ1v) is 6.76. The van der Waals surface area contributed by atoms with Gasteiger partial charge in [0.2, 0.25) is 5.96 Å². The Morgan fingerprint density at radius 1 is 1.04 bits per heavy atom. The van der Waals surface area contributed by atoms with E-state index in [2.05, 4.69) is 9.98 Å². The predicted octanol–water partition coefficient (Wildman–Crippen LogP) is 1.47. The largest absolute Gasteiger partial charge is 0.370 e. The maximum absolute atomic E-state index is 13.5. The second kappa shape index (κ2) is 7.17. The highest BCUT2D eigenvalue weighted by Crippen LogP contribution is 2.22. The number of hydrogen-bond acceptors (Lipinski definition) is 2. The van der Waals surface area contributed by atoms with Crippen molar-refractivity contribution >= 4 is 23.4 Å². The minimum Gasteiger partial charge on any atom is -0.370 e. The zero-order chi connectivity index (χ0) is 16.8. The van der Waals surface area contributed by atoms with E-state index in [0.29, 0.717) is 0 Å². The number of ketones is 1. The fourth-order valence-corrected chi connectivity index (χ4v) is 1.99. The quantitative estimate of drug-likeness (QED) is 0.449. The standard InChI is InChI=1S/C16H16FN5O/c17-11-6-7-13(21-16(20)22-15(18)19)12(9-11)14(23)8-10-4-2-1-3-5-10/h1-7,9H,8H2,(H6,18,19,20,21,22). The number of rotatable bonds is 4. The molecule has 0 aliphatic rings. The van der Waals surface area contributed by atoms with Gasteiger partial charge in [-0.05, 0) is 23.8 Å². The van der Waals surface area contributed by atoms with Crippen LogP contribution in [0.5, 0.6) is 0 Å². The van der Waals surface area contributed by atoms with Gasteiger partial charge in [0, 0.05) is 12.0 Å². The number of nitrogens with zero attached hydrogens (tertiary/aromatic N) is 2. The lowest BCUT2D eigenvalue weighted by Crippen LogP contribution is -2.26. The summed E-state index contributed by atoms with van der Waals surface area (Å²) in [4.78, 5) is 20.0. The van der Waals surface area contributed by atoms with Gasteiger partial charge < -0.3 is 17.2 Å². The summed E-state index contributed by atoms with van der Waals surface area (Å²) in [7, 11) is 0. The molecule has 0 fully saturated rings. The van der Waals surface area contributed by atoms with Crippen molar-refractivity contribution in [2.75, 3.05) is 0 Å². The first-order chi connectivity index (χ1) is 11.0. The van der Waals surface area contributed by atoms with Crippen LogP contribution < -0.4 is 17.2 Å². The third-order valence-corrected chi connectivity index (χ3v) is 2.95. The van der Waals surface area contributed by atoms with Crippen molar-refractivity contribution in [2.45, 2.75) is 6.42 Å². The fourth-order valence-electron chi connectivity index (χ4n) is 1.99. The summed E-state index contributed by atoms with van der Waals surface area (Å²) in [5.74, 6) is -1.30. The summed E-state index contributed by atoms with van der Waals surface area (Å²) < 4.78 is 13.5. The second-order valence-corrected chi connectivity index (χ2v) is 4.75. The van der Waals surface area contributed by atoms with Gasteiger partial charge in [0.05, 0.1) is 5.69 Å². The molecule has 6 nitrogen and oxygen atoms in total. The summed E-state index contributed by atoms with van der Waals surface area (Å²) in [5, 5.41) is 0. The van der Waals surface area contributed by atoms with E-state index >= 15 is 0 Å². The second-order valence-electron chi connectivity index (χ2n) is 4.75. The first-order valence-electron chi connectivity index (χ1n) is 6.76. The highest BCUT2D eigenvalue weighted by Gasteiger charge is 2.13. The van der Waals surface area contributed by atoms with Crippen molar-refractivity contribution in [1.82, 2.24) is 0 Å². The Bertz CT molecular complexity index is 767. The molecule has 0 aliphatic carbocycles. The number of halogens is 1. The first kappa shape index (κ1) is 16.2. The molecule has 0 saturated carbocycles. The Kier molecular flexibility index (Phi) is 5.03. The molecule has 118 valence electrons. The average molecular weight is 313 g/mol. The van der Waals surface area contributed by atoms with Gasteiger partial charge in [-0.25, -0.2) is 9.38 Å². The normalized spacial score (nSPS) is 11.1. The van der Waals surface area contributed by atoms with Crippen molar-refractivity contribution in [3.05, 3.63) is 65.5 Å². The van der Waals surface area contributed by atoms with Gasteiger partial charge in [-0.2, -0.15) is 4.99 Å². The summed E-state index contributed by atoms with van der Waals surface area (Å²) in [6.45, 7) is 0. The molecular formula is C16H16FN5O. The van der Waals surface area contributed by atoms with E-state index in [1.54, 1.807) is 0 Å². The molecule has 2 aromatic carbocycles. The van der Waals surface area contributed by atoms with Crippen LogP contribution >= 0.6 is 0 Å². The summed E-state index contributed by atoms with van der Waals surface area (Å²) >= 11 is 0. The average Bonchev–Trinajstić information content (AvgIpc) is 2.49. The summed E-state index contributed by atoms with van der Waals surface area (Å²) in [5.41, 5.74) is 17.1. The van der Waals surface area contributed by atoms with Gasteiger partial charge in [0.15, 0.2) is 11.7 Å². The highest BCUT2D eigenvalue weighted by molar-refractivity contribution is 6.03. The lowest BCUT2D eigenvalue weighted by molar-refractivity contribution is 0.0993. The van der Waals surface area contributed by atoms with E-state index in [1.807, 2.05) is 30.3 Å². The zero-order valence-electron chi connectivity index (χ0n) is 12.2. The molecule has 6 N–H and O–H groups in total. The molecular weight excluding hydrogens is 297 g/mol. The van der Waals surface area contributed by atoms with E-state index in [4.69, 9.17) is 17.2 Å². The van der Waals surface area contributed by atoms with Gasteiger partial charge in [-0.15, -0.1) is 0 Å². The number of carbonyl (C=O) groups is 1. The SMILES string of the molecule is NC(N)=NC(N)=Nc1ccc(F)cc1C(=O)Cc1ccccc1. The Balaban J connectivity index is 2.35. The minimum atomic E-state index is -0.541. The van der Waals surface area contributed by atoms with Gasteiger partial charge in [0.25, 0.3) is 0 Å². The number of carbonyl (C=O) groups excluding carboxylic acids is 1. The molecule has 0 amide bonds. The zero-order valence-corrected chi connectivity index (χ0v) is 12.2. The maximum atomic E-state index is 13.5. The van der Waals surface area contributed by atoms with E-state index in [9.17, 15) is 9.18 Å². The molecule has 0 aliphatic heterocycles. The van der Waals surface area contributed by atoms with Crippen molar-refractivity contribution in [2.24, 2.45) is 27.2 Å². The van der Waals surface area contributed by atoms with E-state index in [-0.39, 0.29) is 35.4 Å². The lowest BCUT2D eigenvalue weighted by atomic mass is 10.0. The molecule has 0 bridgehead atoms. The molecule has 0 spiro atoms. The minimum absolute atomic E-state index is 0.114. The number of aliphatic imine (C=N–C) groups is 2. The monoisotopic (exact) mass is 313 g/mol. The fraction of sp³-hybridized carbons (Fsp3) is 0.0625. The van der Waals surface area contributed by atoms with Crippen LogP contribution in [0.2, 0.25) is 0 Å². The number of Topliss-reactive ketones (excluding diaryl/α,β-unsaturated/α-hetero) is 1. The van der Waals surface area contributed by atoms with E-state index in [0.717, 1.165) is 11.6 Å². The van der Waals surface area contributed by atoms with Crippen LogP contribution in [0.15, 0.2) is 58.5 Å². The van der Waals surface area contributed by atoms with E-state index in [1.165, 1.54) is 12.1 Å². The van der Waals surface area contributed by atoms with Crippen LogP contribution in [-0.2, 0) is 6.42 Å².